The van der Waals surface area contributed by atoms with Gasteiger partial charge in [0.25, 0.3) is 0 Å². The van der Waals surface area contributed by atoms with E-state index in [4.69, 9.17) is 5.53 Å². The summed E-state index contributed by atoms with van der Waals surface area (Å²) < 4.78 is 0. The Morgan fingerprint density at radius 1 is 1.31 bits per heavy atom. The third-order valence-corrected chi connectivity index (χ3v) is 2.36. The van der Waals surface area contributed by atoms with Crippen molar-refractivity contribution in [2.24, 2.45) is 11.0 Å². The molecular formula is C12H15N3O. The molecule has 0 atom stereocenters. The molecule has 0 spiro atoms. The summed E-state index contributed by atoms with van der Waals surface area (Å²) in [6, 6.07) is 7.58. The highest BCUT2D eigenvalue weighted by Gasteiger charge is 2.07. The van der Waals surface area contributed by atoms with Crippen molar-refractivity contribution in [1.29, 1.82) is 0 Å². The molecule has 4 nitrogen and oxygen atoms in total. The fourth-order valence-electron chi connectivity index (χ4n) is 1.28. The van der Waals surface area contributed by atoms with Crippen LogP contribution in [0.1, 0.15) is 25.0 Å². The predicted octanol–water partition coefficient (Wildman–Crippen LogP) is 3.26. The van der Waals surface area contributed by atoms with Crippen LogP contribution < -0.4 is 0 Å². The molecule has 0 saturated heterocycles. The van der Waals surface area contributed by atoms with Gasteiger partial charge in [-0.1, -0.05) is 43.2 Å². The molecule has 0 aliphatic heterocycles. The Hall–Kier alpha value is -1.80. The number of carbonyl (C=O) groups excluding carboxylic acids is 1. The maximum Gasteiger partial charge on any atom is 0.139 e. The molecule has 4 heteroatoms. The van der Waals surface area contributed by atoms with E-state index in [9.17, 15) is 4.79 Å². The molecule has 0 unspecified atom stereocenters. The van der Waals surface area contributed by atoms with Crippen LogP contribution in [0.3, 0.4) is 0 Å². The summed E-state index contributed by atoms with van der Waals surface area (Å²) >= 11 is 0. The first kappa shape index (κ1) is 12.3. The number of carbonyl (C=O) groups is 1. The largest absolute Gasteiger partial charge is 0.299 e. The first-order valence-corrected chi connectivity index (χ1v) is 5.25. The molecule has 0 saturated carbocycles. The second-order valence-corrected chi connectivity index (χ2v) is 4.00. The van der Waals surface area contributed by atoms with Gasteiger partial charge in [-0.2, -0.15) is 0 Å². The molecule has 0 aliphatic rings. The van der Waals surface area contributed by atoms with Crippen molar-refractivity contribution in [3.05, 3.63) is 45.8 Å². The summed E-state index contributed by atoms with van der Waals surface area (Å²) in [4.78, 5) is 14.2. The van der Waals surface area contributed by atoms with Crippen molar-refractivity contribution in [2.45, 2.75) is 26.8 Å². The van der Waals surface area contributed by atoms with E-state index in [2.05, 4.69) is 10.0 Å². The smallest absolute Gasteiger partial charge is 0.139 e. The third-order valence-electron chi connectivity index (χ3n) is 2.36. The van der Waals surface area contributed by atoms with Crippen molar-refractivity contribution in [2.75, 3.05) is 0 Å². The van der Waals surface area contributed by atoms with Crippen LogP contribution in [-0.4, -0.2) is 5.78 Å². The monoisotopic (exact) mass is 217 g/mol. The van der Waals surface area contributed by atoms with Crippen LogP contribution in [-0.2, 0) is 17.8 Å². The van der Waals surface area contributed by atoms with Crippen LogP contribution in [0.5, 0.6) is 0 Å². The molecule has 84 valence electrons. The highest BCUT2D eigenvalue weighted by molar-refractivity contribution is 5.82. The minimum absolute atomic E-state index is 0.0721. The molecule has 1 aromatic carbocycles. The van der Waals surface area contributed by atoms with Crippen LogP contribution in [0.2, 0.25) is 0 Å². The Kier molecular flexibility index (Phi) is 4.55. The van der Waals surface area contributed by atoms with Crippen molar-refractivity contribution >= 4 is 5.78 Å². The summed E-state index contributed by atoms with van der Waals surface area (Å²) in [7, 11) is 0. The molecule has 16 heavy (non-hydrogen) atoms. The van der Waals surface area contributed by atoms with E-state index < -0.39 is 0 Å². The molecule has 0 heterocycles. The van der Waals surface area contributed by atoms with Gasteiger partial charge in [-0.15, -0.1) is 0 Å². The predicted molar refractivity (Wildman–Crippen MR) is 62.8 cm³/mol. The van der Waals surface area contributed by atoms with E-state index in [1.165, 1.54) is 0 Å². The summed E-state index contributed by atoms with van der Waals surface area (Å²) in [5, 5.41) is 3.47. The Morgan fingerprint density at radius 2 is 1.88 bits per heavy atom. The standard InChI is InChI=1S/C12H15N3O/c1-9(2)12(16)7-10-3-5-11(6-4-10)8-14-15-13/h3-6,9H,7-8H2,1-2H3. The number of Topliss-reactive ketones (excluding diaryl/α,β-unsaturated/α-hetero) is 1. The van der Waals surface area contributed by atoms with Gasteiger partial charge in [0, 0.05) is 17.3 Å². The van der Waals surface area contributed by atoms with E-state index >= 15 is 0 Å². The van der Waals surface area contributed by atoms with E-state index in [-0.39, 0.29) is 11.7 Å². The Bertz CT molecular complexity index is 403. The first-order chi connectivity index (χ1) is 7.63. The lowest BCUT2D eigenvalue weighted by molar-refractivity contribution is -0.121. The van der Waals surface area contributed by atoms with Crippen molar-refractivity contribution in [1.82, 2.24) is 0 Å². The van der Waals surface area contributed by atoms with E-state index in [1.807, 2.05) is 38.1 Å². The normalized spacial score (nSPS) is 9.94. The maximum atomic E-state index is 11.5. The lowest BCUT2D eigenvalue weighted by atomic mass is 10.0. The number of hydrogen-bond acceptors (Lipinski definition) is 2. The van der Waals surface area contributed by atoms with Crippen LogP contribution in [0.15, 0.2) is 29.4 Å². The Labute approximate surface area is 94.9 Å². The van der Waals surface area contributed by atoms with Crippen LogP contribution in [0.4, 0.5) is 0 Å². The highest BCUT2D eigenvalue weighted by atomic mass is 16.1. The number of ketones is 1. The fourth-order valence-corrected chi connectivity index (χ4v) is 1.28. The number of benzene rings is 1. The van der Waals surface area contributed by atoms with Gasteiger partial charge in [0.15, 0.2) is 0 Å². The minimum atomic E-state index is 0.0721. The van der Waals surface area contributed by atoms with Crippen molar-refractivity contribution in [3.8, 4) is 0 Å². The van der Waals surface area contributed by atoms with Gasteiger partial charge in [-0.25, -0.2) is 0 Å². The average molecular weight is 217 g/mol. The van der Waals surface area contributed by atoms with Crippen LogP contribution in [0.25, 0.3) is 10.4 Å². The molecule has 0 aliphatic carbocycles. The van der Waals surface area contributed by atoms with Gasteiger partial charge in [-0.05, 0) is 16.7 Å². The molecular weight excluding hydrogens is 202 g/mol. The number of hydrogen-bond donors (Lipinski definition) is 0. The molecule has 0 bridgehead atoms. The van der Waals surface area contributed by atoms with E-state index in [0.717, 1.165) is 11.1 Å². The van der Waals surface area contributed by atoms with Gasteiger partial charge in [0.1, 0.15) is 5.78 Å². The molecule has 1 aromatic rings. The van der Waals surface area contributed by atoms with Crippen molar-refractivity contribution in [3.63, 3.8) is 0 Å². The van der Waals surface area contributed by atoms with Gasteiger partial charge >= 0.3 is 0 Å². The maximum absolute atomic E-state index is 11.5. The molecule has 0 aromatic heterocycles. The molecule has 0 N–H and O–H groups in total. The van der Waals surface area contributed by atoms with Crippen molar-refractivity contribution < 1.29 is 4.79 Å². The van der Waals surface area contributed by atoms with Gasteiger partial charge in [-0.3, -0.25) is 4.79 Å². The number of nitrogens with zero attached hydrogens (tertiary/aromatic N) is 3. The fraction of sp³-hybridized carbons (Fsp3) is 0.417. The zero-order valence-corrected chi connectivity index (χ0v) is 9.55. The van der Waals surface area contributed by atoms with E-state index in [0.29, 0.717) is 13.0 Å². The topological polar surface area (TPSA) is 65.8 Å². The minimum Gasteiger partial charge on any atom is -0.299 e. The lowest BCUT2D eigenvalue weighted by Crippen LogP contribution is -2.09. The summed E-state index contributed by atoms with van der Waals surface area (Å²) in [5.74, 6) is 0.311. The quantitative estimate of drug-likeness (QED) is 0.424. The van der Waals surface area contributed by atoms with E-state index in [1.54, 1.807) is 0 Å². The van der Waals surface area contributed by atoms with Gasteiger partial charge in [0.2, 0.25) is 0 Å². The third kappa shape index (κ3) is 3.75. The van der Waals surface area contributed by atoms with Gasteiger partial charge in [0.05, 0.1) is 6.54 Å². The van der Waals surface area contributed by atoms with Crippen LogP contribution in [0, 0.1) is 5.92 Å². The zero-order chi connectivity index (χ0) is 12.0. The summed E-state index contributed by atoms with van der Waals surface area (Å²) in [6.07, 6.45) is 0.472. The Balaban J connectivity index is 2.64. The Morgan fingerprint density at radius 3 is 2.38 bits per heavy atom. The second kappa shape index (κ2) is 5.93. The van der Waals surface area contributed by atoms with Crippen LogP contribution >= 0.6 is 0 Å². The molecule has 0 radical (unpaired) electrons. The average Bonchev–Trinajstić information content (AvgIpc) is 2.28. The second-order valence-electron chi connectivity index (χ2n) is 4.00. The molecule has 1 rings (SSSR count). The number of azide groups is 1. The molecule has 0 fully saturated rings. The SMILES string of the molecule is CC(C)C(=O)Cc1ccc(CN=[N+]=[N-])cc1. The first-order valence-electron chi connectivity index (χ1n) is 5.25. The molecule has 0 amide bonds. The zero-order valence-electron chi connectivity index (χ0n) is 9.55. The summed E-state index contributed by atoms with van der Waals surface area (Å²) in [6.45, 7) is 4.16. The highest BCUT2D eigenvalue weighted by Crippen LogP contribution is 2.09. The number of rotatable bonds is 5. The van der Waals surface area contributed by atoms with Gasteiger partial charge < -0.3 is 0 Å². The lowest BCUT2D eigenvalue weighted by Gasteiger charge is -2.04. The summed E-state index contributed by atoms with van der Waals surface area (Å²) in [5.41, 5.74) is 10.1.